The fourth-order valence-corrected chi connectivity index (χ4v) is 2.12. The molecule has 0 spiro atoms. The number of likely N-dealkylation sites (N-methyl/N-ethyl adjacent to an activating group) is 1. The van der Waals surface area contributed by atoms with E-state index in [1.807, 2.05) is 52.0 Å². The summed E-state index contributed by atoms with van der Waals surface area (Å²) in [5.74, 6) is 1.53. The van der Waals surface area contributed by atoms with Crippen molar-refractivity contribution in [1.82, 2.24) is 9.80 Å². The number of carbonyl (C=O) groups is 1. The standard InChI is InChI=1S/C18H29N3O3/c1-8-13(4)11-14(18(22)24-10-3)16-19-17(20(5)9-2)15(23-7)12-21(16)6/h11-12H,8-10H2,1-7H3/b13-11?,16-14+. The molecule has 0 amide bonds. The first-order valence-corrected chi connectivity index (χ1v) is 8.26. The molecule has 0 aromatic rings. The number of amidine groups is 1. The summed E-state index contributed by atoms with van der Waals surface area (Å²) in [5.41, 5.74) is 1.54. The van der Waals surface area contributed by atoms with Gasteiger partial charge in [-0.2, -0.15) is 0 Å². The zero-order valence-electron chi connectivity index (χ0n) is 15.8. The van der Waals surface area contributed by atoms with E-state index in [4.69, 9.17) is 9.47 Å². The SMILES string of the molecule is CCOC(=O)/C(C=C(C)CC)=C1\N=C(N(C)CC)C(OC)=CN1C. The van der Waals surface area contributed by atoms with Crippen molar-refractivity contribution in [3.8, 4) is 0 Å². The minimum atomic E-state index is -0.372. The number of allylic oxidation sites excluding steroid dienone is 1. The Hall–Kier alpha value is -2.24. The molecule has 6 heteroatoms. The molecule has 0 saturated carbocycles. The van der Waals surface area contributed by atoms with Crippen LogP contribution >= 0.6 is 0 Å². The van der Waals surface area contributed by atoms with Gasteiger partial charge in [0.1, 0.15) is 11.4 Å². The molecule has 1 aliphatic heterocycles. The lowest BCUT2D eigenvalue weighted by Crippen LogP contribution is -2.34. The van der Waals surface area contributed by atoms with Crippen molar-refractivity contribution in [3.63, 3.8) is 0 Å². The van der Waals surface area contributed by atoms with Gasteiger partial charge < -0.3 is 19.3 Å². The average Bonchev–Trinajstić information content (AvgIpc) is 2.58. The van der Waals surface area contributed by atoms with Gasteiger partial charge >= 0.3 is 5.97 Å². The minimum Gasteiger partial charge on any atom is -0.491 e. The Morgan fingerprint density at radius 3 is 2.54 bits per heavy atom. The number of methoxy groups -OCH3 is 1. The maximum atomic E-state index is 12.5. The summed E-state index contributed by atoms with van der Waals surface area (Å²) in [5, 5.41) is 0. The number of aliphatic imine (C=N–C) groups is 1. The Morgan fingerprint density at radius 1 is 1.38 bits per heavy atom. The molecule has 134 valence electrons. The molecule has 0 unspecified atom stereocenters. The van der Waals surface area contributed by atoms with Gasteiger partial charge in [0.25, 0.3) is 0 Å². The third-order valence-electron chi connectivity index (χ3n) is 3.82. The second-order valence-corrected chi connectivity index (χ2v) is 5.56. The Bertz CT molecular complexity index is 588. The molecular weight excluding hydrogens is 306 g/mol. The van der Waals surface area contributed by atoms with E-state index in [1.165, 1.54) is 0 Å². The van der Waals surface area contributed by atoms with Gasteiger partial charge in [-0.3, -0.25) is 0 Å². The fourth-order valence-electron chi connectivity index (χ4n) is 2.12. The number of esters is 1. The van der Waals surface area contributed by atoms with Crippen molar-refractivity contribution in [2.24, 2.45) is 4.99 Å². The average molecular weight is 335 g/mol. The number of hydrogen-bond acceptors (Lipinski definition) is 6. The fraction of sp³-hybridized carbons (Fsp3) is 0.556. The highest BCUT2D eigenvalue weighted by atomic mass is 16.5. The maximum absolute atomic E-state index is 12.5. The van der Waals surface area contributed by atoms with Gasteiger partial charge in [0.15, 0.2) is 11.6 Å². The van der Waals surface area contributed by atoms with Crippen LogP contribution in [-0.4, -0.2) is 56.0 Å². The molecule has 6 nitrogen and oxygen atoms in total. The van der Waals surface area contributed by atoms with Crippen LogP contribution in [0.3, 0.4) is 0 Å². The first kappa shape index (κ1) is 19.8. The summed E-state index contributed by atoms with van der Waals surface area (Å²) in [4.78, 5) is 20.9. The number of ether oxygens (including phenoxy) is 2. The van der Waals surface area contributed by atoms with Crippen molar-refractivity contribution in [3.05, 3.63) is 35.0 Å². The molecule has 1 aliphatic rings. The van der Waals surface area contributed by atoms with E-state index in [9.17, 15) is 4.79 Å². The highest BCUT2D eigenvalue weighted by Gasteiger charge is 2.25. The molecule has 1 heterocycles. The van der Waals surface area contributed by atoms with Crippen LogP contribution < -0.4 is 0 Å². The first-order chi connectivity index (χ1) is 11.4. The molecule has 24 heavy (non-hydrogen) atoms. The largest absolute Gasteiger partial charge is 0.491 e. The summed E-state index contributed by atoms with van der Waals surface area (Å²) in [7, 11) is 5.39. The summed E-state index contributed by atoms with van der Waals surface area (Å²) in [6.07, 6.45) is 4.53. The molecule has 0 aliphatic carbocycles. The third kappa shape index (κ3) is 4.63. The van der Waals surface area contributed by atoms with Gasteiger partial charge in [-0.05, 0) is 33.3 Å². The second kappa shape index (κ2) is 9.15. The van der Waals surface area contributed by atoms with Crippen LogP contribution in [-0.2, 0) is 14.3 Å². The lowest BCUT2D eigenvalue weighted by molar-refractivity contribution is -0.138. The zero-order chi connectivity index (χ0) is 18.3. The first-order valence-electron chi connectivity index (χ1n) is 8.26. The summed E-state index contributed by atoms with van der Waals surface area (Å²) < 4.78 is 10.7. The Balaban J connectivity index is 3.52. The number of carbonyl (C=O) groups excluding carboxylic acids is 1. The molecule has 0 radical (unpaired) electrons. The molecule has 0 aromatic heterocycles. The van der Waals surface area contributed by atoms with Crippen LogP contribution in [0.1, 0.15) is 34.1 Å². The van der Waals surface area contributed by atoms with Crippen LogP contribution in [0.5, 0.6) is 0 Å². The van der Waals surface area contributed by atoms with Gasteiger partial charge in [0.05, 0.1) is 19.9 Å². The molecule has 0 atom stereocenters. The monoisotopic (exact) mass is 335 g/mol. The van der Waals surface area contributed by atoms with E-state index < -0.39 is 0 Å². The van der Waals surface area contributed by atoms with E-state index >= 15 is 0 Å². The topological polar surface area (TPSA) is 54.4 Å². The number of nitrogens with zero attached hydrogens (tertiary/aromatic N) is 3. The smallest absolute Gasteiger partial charge is 0.341 e. The van der Waals surface area contributed by atoms with E-state index in [0.717, 1.165) is 18.5 Å². The van der Waals surface area contributed by atoms with Crippen LogP contribution in [0.2, 0.25) is 0 Å². The predicted octanol–water partition coefficient (Wildman–Crippen LogP) is 2.90. The summed E-state index contributed by atoms with van der Waals surface area (Å²) in [6.45, 7) is 8.96. The molecular formula is C18H29N3O3. The van der Waals surface area contributed by atoms with Crippen molar-refractivity contribution in [2.45, 2.75) is 34.1 Å². The molecule has 0 aromatic carbocycles. The van der Waals surface area contributed by atoms with Gasteiger partial charge in [-0.25, -0.2) is 9.79 Å². The van der Waals surface area contributed by atoms with E-state index in [1.54, 1.807) is 18.9 Å². The minimum absolute atomic E-state index is 0.322. The molecule has 0 N–H and O–H groups in total. The van der Waals surface area contributed by atoms with Gasteiger partial charge in [0.2, 0.25) is 0 Å². The van der Waals surface area contributed by atoms with E-state index in [2.05, 4.69) is 4.99 Å². The van der Waals surface area contributed by atoms with Crippen LogP contribution in [0, 0.1) is 0 Å². The Morgan fingerprint density at radius 2 is 2.04 bits per heavy atom. The van der Waals surface area contributed by atoms with Crippen molar-refractivity contribution in [2.75, 3.05) is 34.4 Å². The third-order valence-corrected chi connectivity index (χ3v) is 3.82. The number of rotatable bonds is 6. The normalized spacial score (nSPS) is 17.1. The maximum Gasteiger partial charge on any atom is 0.341 e. The predicted molar refractivity (Wildman–Crippen MR) is 96.3 cm³/mol. The highest BCUT2D eigenvalue weighted by Crippen LogP contribution is 2.23. The lowest BCUT2D eigenvalue weighted by Gasteiger charge is -2.29. The van der Waals surface area contributed by atoms with E-state index in [0.29, 0.717) is 29.6 Å². The van der Waals surface area contributed by atoms with Crippen molar-refractivity contribution in [1.29, 1.82) is 0 Å². The second-order valence-electron chi connectivity index (χ2n) is 5.56. The van der Waals surface area contributed by atoms with Gasteiger partial charge in [-0.1, -0.05) is 12.5 Å². The summed E-state index contributed by atoms with van der Waals surface area (Å²) >= 11 is 0. The van der Waals surface area contributed by atoms with Gasteiger partial charge in [0, 0.05) is 20.6 Å². The van der Waals surface area contributed by atoms with Crippen molar-refractivity contribution < 1.29 is 14.3 Å². The van der Waals surface area contributed by atoms with E-state index in [-0.39, 0.29) is 5.97 Å². The molecule has 0 fully saturated rings. The van der Waals surface area contributed by atoms with Crippen LogP contribution in [0.25, 0.3) is 0 Å². The van der Waals surface area contributed by atoms with Crippen LogP contribution in [0.4, 0.5) is 0 Å². The molecule has 1 rings (SSSR count). The number of hydrogen-bond donors (Lipinski definition) is 0. The van der Waals surface area contributed by atoms with Crippen LogP contribution in [0.15, 0.2) is 40.0 Å². The Labute approximate surface area is 145 Å². The quantitative estimate of drug-likeness (QED) is 0.552. The zero-order valence-corrected chi connectivity index (χ0v) is 15.8. The summed E-state index contributed by atoms with van der Waals surface area (Å²) in [6, 6.07) is 0. The Kier molecular flexibility index (Phi) is 7.55. The lowest BCUT2D eigenvalue weighted by atomic mass is 10.1. The highest BCUT2D eigenvalue weighted by molar-refractivity contribution is 5.99. The van der Waals surface area contributed by atoms with Crippen molar-refractivity contribution >= 4 is 11.8 Å². The van der Waals surface area contributed by atoms with Gasteiger partial charge in [-0.15, -0.1) is 0 Å². The molecule has 0 bridgehead atoms. The molecule has 0 saturated heterocycles.